The minimum Gasteiger partial charge on any atom is -0.497 e. The number of aromatic nitrogens is 3. The normalized spacial score (nSPS) is 10.6. The van der Waals surface area contributed by atoms with E-state index in [2.05, 4.69) is 10.2 Å². The van der Waals surface area contributed by atoms with Gasteiger partial charge in [0.25, 0.3) is 0 Å². The lowest BCUT2D eigenvalue weighted by molar-refractivity contribution is 0.393. The van der Waals surface area contributed by atoms with Crippen LogP contribution >= 0.6 is 12.2 Å². The monoisotopic (exact) mass is 331 g/mol. The molecule has 0 saturated carbocycles. The van der Waals surface area contributed by atoms with Gasteiger partial charge in [0.1, 0.15) is 17.3 Å². The van der Waals surface area contributed by atoms with Gasteiger partial charge in [-0.25, -0.2) is 4.39 Å². The fourth-order valence-electron chi connectivity index (χ4n) is 2.31. The zero-order chi connectivity index (χ0) is 16.4. The summed E-state index contributed by atoms with van der Waals surface area (Å²) < 4.78 is 26.7. The molecule has 0 radical (unpaired) electrons. The largest absolute Gasteiger partial charge is 0.497 e. The fourth-order valence-corrected chi connectivity index (χ4v) is 2.54. The Morgan fingerprint density at radius 3 is 2.61 bits per heavy atom. The number of aromatic amines is 1. The van der Waals surface area contributed by atoms with E-state index < -0.39 is 0 Å². The summed E-state index contributed by atoms with van der Waals surface area (Å²) in [5, 5.41) is 6.86. The predicted octanol–water partition coefficient (Wildman–Crippen LogP) is 3.75. The van der Waals surface area contributed by atoms with Gasteiger partial charge in [0, 0.05) is 6.07 Å². The van der Waals surface area contributed by atoms with E-state index in [1.165, 1.54) is 6.07 Å². The van der Waals surface area contributed by atoms with E-state index >= 15 is 0 Å². The predicted molar refractivity (Wildman–Crippen MR) is 87.2 cm³/mol. The van der Waals surface area contributed by atoms with Crippen molar-refractivity contribution in [1.29, 1.82) is 0 Å². The summed E-state index contributed by atoms with van der Waals surface area (Å²) in [7, 11) is 3.12. The molecule has 23 heavy (non-hydrogen) atoms. The molecule has 7 heteroatoms. The molecule has 0 spiro atoms. The smallest absolute Gasteiger partial charge is 0.200 e. The van der Waals surface area contributed by atoms with Crippen molar-refractivity contribution in [2.75, 3.05) is 14.2 Å². The Morgan fingerprint density at radius 2 is 1.91 bits per heavy atom. The zero-order valence-electron chi connectivity index (χ0n) is 12.5. The highest BCUT2D eigenvalue weighted by Gasteiger charge is 2.17. The third-order valence-corrected chi connectivity index (χ3v) is 3.69. The number of methoxy groups -OCH3 is 2. The van der Waals surface area contributed by atoms with Gasteiger partial charge in [0.2, 0.25) is 0 Å². The summed E-state index contributed by atoms with van der Waals surface area (Å²) in [5.41, 5.74) is 0.989. The topological polar surface area (TPSA) is 52.1 Å². The average molecular weight is 331 g/mol. The number of rotatable bonds is 4. The highest BCUT2D eigenvalue weighted by atomic mass is 32.1. The number of ether oxygens (including phenoxy) is 2. The third kappa shape index (κ3) is 2.70. The van der Waals surface area contributed by atoms with Gasteiger partial charge in [0.05, 0.1) is 25.5 Å². The quantitative estimate of drug-likeness (QED) is 0.740. The second kappa shape index (κ2) is 6.21. The number of benzene rings is 2. The summed E-state index contributed by atoms with van der Waals surface area (Å²) in [6, 6.07) is 11.7. The lowest BCUT2D eigenvalue weighted by Gasteiger charge is -2.13. The summed E-state index contributed by atoms with van der Waals surface area (Å²) >= 11 is 5.30. The number of halogens is 1. The standard InChI is InChI=1S/C16H14FN3O2S/c1-21-10-7-8-13(14(9-10)22-2)20-15(18-19-16(20)23)11-5-3-4-6-12(11)17/h3-9H,1-2H3,(H,19,23). The number of nitrogens with one attached hydrogen (secondary N) is 1. The Balaban J connectivity index is 2.25. The highest BCUT2D eigenvalue weighted by Crippen LogP contribution is 2.31. The van der Waals surface area contributed by atoms with Crippen LogP contribution in [0.1, 0.15) is 0 Å². The second-order valence-corrected chi connectivity index (χ2v) is 5.09. The summed E-state index contributed by atoms with van der Waals surface area (Å²) in [6.45, 7) is 0. The van der Waals surface area contributed by atoms with Gasteiger partial charge >= 0.3 is 0 Å². The van der Waals surface area contributed by atoms with Gasteiger partial charge in [-0.1, -0.05) is 12.1 Å². The molecule has 3 rings (SSSR count). The molecule has 0 unspecified atom stereocenters. The number of nitrogens with zero attached hydrogens (tertiary/aromatic N) is 2. The molecule has 0 atom stereocenters. The van der Waals surface area contributed by atoms with Gasteiger partial charge in [-0.2, -0.15) is 5.10 Å². The summed E-state index contributed by atoms with van der Waals surface area (Å²) in [5.74, 6) is 1.18. The lowest BCUT2D eigenvalue weighted by Crippen LogP contribution is -2.02. The van der Waals surface area contributed by atoms with Gasteiger partial charge in [-0.15, -0.1) is 0 Å². The molecule has 0 bridgehead atoms. The second-order valence-electron chi connectivity index (χ2n) is 4.71. The van der Waals surface area contributed by atoms with E-state index in [4.69, 9.17) is 21.7 Å². The van der Waals surface area contributed by atoms with Crippen molar-refractivity contribution in [2.45, 2.75) is 0 Å². The Hall–Kier alpha value is -2.67. The van der Waals surface area contributed by atoms with Crippen LogP contribution < -0.4 is 9.47 Å². The zero-order valence-corrected chi connectivity index (χ0v) is 13.4. The molecule has 2 aromatic carbocycles. The van der Waals surface area contributed by atoms with E-state index in [9.17, 15) is 4.39 Å². The number of hydrogen-bond acceptors (Lipinski definition) is 4. The first-order chi connectivity index (χ1) is 11.2. The minimum atomic E-state index is -0.379. The molecule has 3 aromatic rings. The molecule has 118 valence electrons. The minimum absolute atomic E-state index is 0.340. The number of hydrogen-bond donors (Lipinski definition) is 1. The molecule has 1 aromatic heterocycles. The van der Waals surface area contributed by atoms with Crippen molar-refractivity contribution in [3.63, 3.8) is 0 Å². The number of H-pyrrole nitrogens is 1. The summed E-state index contributed by atoms with van der Waals surface area (Å²) in [4.78, 5) is 0. The van der Waals surface area contributed by atoms with Crippen LogP contribution in [0.3, 0.4) is 0 Å². The molecule has 0 aliphatic carbocycles. The fraction of sp³-hybridized carbons (Fsp3) is 0.125. The first-order valence-electron chi connectivity index (χ1n) is 6.80. The lowest BCUT2D eigenvalue weighted by atomic mass is 10.2. The van der Waals surface area contributed by atoms with E-state index in [0.717, 1.165) is 0 Å². The Morgan fingerprint density at radius 1 is 1.13 bits per heavy atom. The highest BCUT2D eigenvalue weighted by molar-refractivity contribution is 7.71. The molecular formula is C16H14FN3O2S. The van der Waals surface area contributed by atoms with Crippen LogP contribution in [0.15, 0.2) is 42.5 Å². The maximum absolute atomic E-state index is 14.1. The van der Waals surface area contributed by atoms with Crippen molar-refractivity contribution in [2.24, 2.45) is 0 Å². The third-order valence-electron chi connectivity index (χ3n) is 3.41. The van der Waals surface area contributed by atoms with Gasteiger partial charge < -0.3 is 9.47 Å². The van der Waals surface area contributed by atoms with E-state index in [1.54, 1.807) is 55.2 Å². The SMILES string of the molecule is COc1ccc(-n2c(-c3ccccc3F)n[nH]c2=S)c(OC)c1. The maximum atomic E-state index is 14.1. The first-order valence-corrected chi connectivity index (χ1v) is 7.21. The van der Waals surface area contributed by atoms with Crippen LogP contribution in [0.5, 0.6) is 11.5 Å². The summed E-state index contributed by atoms with van der Waals surface area (Å²) in [6.07, 6.45) is 0. The Bertz CT molecular complexity index is 904. The van der Waals surface area contributed by atoms with Crippen LogP contribution in [0.4, 0.5) is 4.39 Å². The molecule has 0 amide bonds. The van der Waals surface area contributed by atoms with Crippen LogP contribution in [0, 0.1) is 10.6 Å². The van der Waals surface area contributed by atoms with Crippen LogP contribution in [-0.4, -0.2) is 29.0 Å². The Labute approximate surface area is 137 Å². The first kappa shape index (κ1) is 15.2. The van der Waals surface area contributed by atoms with E-state index in [1.807, 2.05) is 0 Å². The van der Waals surface area contributed by atoms with E-state index in [0.29, 0.717) is 33.3 Å². The maximum Gasteiger partial charge on any atom is 0.200 e. The molecular weight excluding hydrogens is 317 g/mol. The van der Waals surface area contributed by atoms with Gasteiger partial charge in [0.15, 0.2) is 10.6 Å². The molecule has 0 fully saturated rings. The average Bonchev–Trinajstić information content (AvgIpc) is 2.96. The van der Waals surface area contributed by atoms with Crippen LogP contribution in [0.25, 0.3) is 17.1 Å². The molecule has 0 aliphatic heterocycles. The van der Waals surface area contributed by atoms with Crippen LogP contribution in [-0.2, 0) is 0 Å². The molecule has 0 aliphatic rings. The van der Waals surface area contributed by atoms with Gasteiger partial charge in [-0.05, 0) is 36.5 Å². The molecule has 0 saturated heterocycles. The van der Waals surface area contributed by atoms with Crippen molar-refractivity contribution in [3.05, 3.63) is 53.1 Å². The van der Waals surface area contributed by atoms with E-state index in [-0.39, 0.29) is 5.82 Å². The molecule has 1 N–H and O–H groups in total. The van der Waals surface area contributed by atoms with Gasteiger partial charge in [-0.3, -0.25) is 9.67 Å². The molecule has 5 nitrogen and oxygen atoms in total. The van der Waals surface area contributed by atoms with Crippen molar-refractivity contribution in [3.8, 4) is 28.6 Å². The van der Waals surface area contributed by atoms with Crippen molar-refractivity contribution < 1.29 is 13.9 Å². The van der Waals surface area contributed by atoms with Crippen molar-refractivity contribution in [1.82, 2.24) is 14.8 Å². The Kier molecular flexibility index (Phi) is 4.12. The molecule has 1 heterocycles. The van der Waals surface area contributed by atoms with Crippen molar-refractivity contribution >= 4 is 12.2 Å². The van der Waals surface area contributed by atoms with Crippen LogP contribution in [0.2, 0.25) is 0 Å².